The van der Waals surface area contributed by atoms with Crippen molar-refractivity contribution in [2.45, 2.75) is 13.0 Å². The molecule has 2 N–H and O–H groups in total. The number of benzene rings is 1. The Kier molecular flexibility index (Phi) is 5.50. The minimum Gasteiger partial charge on any atom is -0.395 e. The SMILES string of the molecule is OCCC#Cc1cnc2[nH]c(-c3ccccc3)c(CN3CCOCC3)c2c1. The second kappa shape index (κ2) is 8.36. The summed E-state index contributed by atoms with van der Waals surface area (Å²) in [5.74, 6) is 6.08. The molecule has 0 amide bonds. The Morgan fingerprint density at radius 2 is 2.00 bits per heavy atom. The summed E-state index contributed by atoms with van der Waals surface area (Å²) in [5.41, 5.74) is 5.27. The predicted molar refractivity (Wildman–Crippen MR) is 106 cm³/mol. The molecule has 138 valence electrons. The van der Waals surface area contributed by atoms with E-state index < -0.39 is 0 Å². The largest absolute Gasteiger partial charge is 0.395 e. The fourth-order valence-electron chi connectivity index (χ4n) is 3.41. The number of aromatic amines is 1. The Morgan fingerprint density at radius 3 is 2.78 bits per heavy atom. The summed E-state index contributed by atoms with van der Waals surface area (Å²) in [6.45, 7) is 4.35. The van der Waals surface area contributed by atoms with E-state index in [1.165, 1.54) is 5.56 Å². The van der Waals surface area contributed by atoms with Crippen LogP contribution in [0.15, 0.2) is 42.6 Å². The van der Waals surface area contributed by atoms with E-state index in [4.69, 9.17) is 9.84 Å². The minimum absolute atomic E-state index is 0.0767. The first-order valence-corrected chi connectivity index (χ1v) is 9.31. The molecular formula is C22H23N3O2. The van der Waals surface area contributed by atoms with Gasteiger partial charge in [-0.1, -0.05) is 42.2 Å². The first-order chi connectivity index (χ1) is 13.3. The van der Waals surface area contributed by atoms with Gasteiger partial charge in [0.15, 0.2) is 0 Å². The Balaban J connectivity index is 1.78. The normalized spacial score (nSPS) is 14.9. The van der Waals surface area contributed by atoms with E-state index >= 15 is 0 Å². The molecule has 0 saturated carbocycles. The molecule has 0 bridgehead atoms. The van der Waals surface area contributed by atoms with Gasteiger partial charge in [0.2, 0.25) is 0 Å². The number of fused-ring (bicyclic) bond motifs is 1. The van der Waals surface area contributed by atoms with Crippen molar-refractivity contribution in [1.82, 2.24) is 14.9 Å². The lowest BCUT2D eigenvalue weighted by Gasteiger charge is -2.26. The fraction of sp³-hybridized carbons (Fsp3) is 0.318. The molecular weight excluding hydrogens is 338 g/mol. The summed E-state index contributed by atoms with van der Waals surface area (Å²) in [6.07, 6.45) is 2.26. The Bertz CT molecular complexity index is 964. The van der Waals surface area contributed by atoms with Gasteiger partial charge in [-0.25, -0.2) is 4.98 Å². The number of nitrogens with zero attached hydrogens (tertiary/aromatic N) is 2. The molecule has 5 heteroatoms. The maximum absolute atomic E-state index is 8.93. The van der Waals surface area contributed by atoms with Gasteiger partial charge in [0.05, 0.1) is 25.5 Å². The van der Waals surface area contributed by atoms with E-state index in [2.05, 4.69) is 57.0 Å². The second-order valence-corrected chi connectivity index (χ2v) is 6.63. The number of H-pyrrole nitrogens is 1. The van der Waals surface area contributed by atoms with Gasteiger partial charge in [0.1, 0.15) is 5.65 Å². The number of nitrogens with one attached hydrogen (secondary N) is 1. The third kappa shape index (κ3) is 4.04. The van der Waals surface area contributed by atoms with Gasteiger partial charge in [0.25, 0.3) is 0 Å². The van der Waals surface area contributed by atoms with Crippen molar-refractivity contribution in [3.63, 3.8) is 0 Å². The van der Waals surface area contributed by atoms with Crippen LogP contribution in [-0.4, -0.2) is 52.9 Å². The number of aromatic nitrogens is 2. The minimum atomic E-state index is 0.0767. The van der Waals surface area contributed by atoms with Crippen LogP contribution < -0.4 is 0 Å². The van der Waals surface area contributed by atoms with Gasteiger partial charge >= 0.3 is 0 Å². The third-order valence-electron chi connectivity index (χ3n) is 4.78. The maximum atomic E-state index is 8.93. The Hall–Kier alpha value is -2.65. The average Bonchev–Trinajstić information content (AvgIpc) is 3.07. The van der Waals surface area contributed by atoms with Crippen LogP contribution in [0.2, 0.25) is 0 Å². The van der Waals surface area contributed by atoms with Crippen molar-refractivity contribution in [3.05, 3.63) is 53.7 Å². The van der Waals surface area contributed by atoms with Crippen LogP contribution >= 0.6 is 0 Å². The second-order valence-electron chi connectivity index (χ2n) is 6.63. The van der Waals surface area contributed by atoms with Crippen LogP contribution in [0.25, 0.3) is 22.3 Å². The molecule has 0 aliphatic carbocycles. The number of hydrogen-bond donors (Lipinski definition) is 2. The lowest BCUT2D eigenvalue weighted by atomic mass is 10.0. The van der Waals surface area contributed by atoms with E-state index in [1.807, 2.05) is 6.07 Å². The predicted octanol–water partition coefficient (Wildman–Crippen LogP) is 2.80. The maximum Gasteiger partial charge on any atom is 0.138 e. The topological polar surface area (TPSA) is 61.4 Å². The standard InChI is InChI=1S/C22H23N3O2/c26-11-5-4-6-17-14-19-20(16-25-9-12-27-13-10-25)21(24-22(19)23-15-17)18-7-2-1-3-8-18/h1-3,7-8,14-15,26H,5,9-13,16H2,(H,23,24). The first kappa shape index (κ1) is 17.7. The summed E-state index contributed by atoms with van der Waals surface area (Å²) in [4.78, 5) is 10.5. The first-order valence-electron chi connectivity index (χ1n) is 9.31. The highest BCUT2D eigenvalue weighted by Gasteiger charge is 2.19. The number of aliphatic hydroxyl groups is 1. The summed E-state index contributed by atoms with van der Waals surface area (Å²) in [6, 6.07) is 12.5. The summed E-state index contributed by atoms with van der Waals surface area (Å²) < 4.78 is 5.49. The number of hydrogen-bond acceptors (Lipinski definition) is 4. The summed E-state index contributed by atoms with van der Waals surface area (Å²) in [7, 11) is 0. The molecule has 1 fully saturated rings. The molecule has 27 heavy (non-hydrogen) atoms. The zero-order valence-corrected chi connectivity index (χ0v) is 15.2. The van der Waals surface area contributed by atoms with Crippen molar-refractivity contribution in [2.24, 2.45) is 0 Å². The molecule has 3 aromatic rings. The highest BCUT2D eigenvalue weighted by Crippen LogP contribution is 2.31. The quantitative estimate of drug-likeness (QED) is 0.702. The van der Waals surface area contributed by atoms with Gasteiger partial charge in [-0.3, -0.25) is 4.90 Å². The lowest BCUT2D eigenvalue weighted by Crippen LogP contribution is -2.35. The lowest BCUT2D eigenvalue weighted by molar-refractivity contribution is 0.0344. The van der Waals surface area contributed by atoms with Gasteiger partial charge in [0, 0.05) is 48.8 Å². The van der Waals surface area contributed by atoms with Gasteiger partial charge in [-0.15, -0.1) is 0 Å². The van der Waals surface area contributed by atoms with E-state index in [0.717, 1.165) is 60.7 Å². The molecule has 3 heterocycles. The van der Waals surface area contributed by atoms with E-state index in [9.17, 15) is 0 Å². The van der Waals surface area contributed by atoms with E-state index in [1.54, 1.807) is 6.20 Å². The highest BCUT2D eigenvalue weighted by molar-refractivity contribution is 5.89. The molecule has 4 rings (SSSR count). The number of pyridine rings is 1. The van der Waals surface area contributed by atoms with Crippen LogP contribution in [0, 0.1) is 11.8 Å². The molecule has 1 aromatic carbocycles. The summed E-state index contributed by atoms with van der Waals surface area (Å²) in [5, 5.41) is 10.0. The molecule has 1 aliphatic rings. The zero-order chi connectivity index (χ0) is 18.5. The molecule has 2 aromatic heterocycles. The molecule has 1 aliphatic heterocycles. The van der Waals surface area contributed by atoms with E-state index in [-0.39, 0.29) is 6.61 Å². The van der Waals surface area contributed by atoms with Crippen LogP contribution in [0.3, 0.4) is 0 Å². The number of morpholine rings is 1. The molecule has 5 nitrogen and oxygen atoms in total. The zero-order valence-electron chi connectivity index (χ0n) is 15.2. The van der Waals surface area contributed by atoms with Crippen molar-refractivity contribution in [2.75, 3.05) is 32.9 Å². The highest BCUT2D eigenvalue weighted by atomic mass is 16.5. The smallest absolute Gasteiger partial charge is 0.138 e. The van der Waals surface area contributed by atoms with Crippen LogP contribution in [-0.2, 0) is 11.3 Å². The van der Waals surface area contributed by atoms with Crippen molar-refractivity contribution in [3.8, 4) is 23.1 Å². The number of aliphatic hydroxyl groups excluding tert-OH is 1. The number of rotatable bonds is 4. The number of ether oxygens (including phenoxy) is 1. The van der Waals surface area contributed by atoms with Crippen molar-refractivity contribution in [1.29, 1.82) is 0 Å². The van der Waals surface area contributed by atoms with Crippen LogP contribution in [0.1, 0.15) is 17.5 Å². The fourth-order valence-corrected chi connectivity index (χ4v) is 3.41. The summed E-state index contributed by atoms with van der Waals surface area (Å²) >= 11 is 0. The van der Waals surface area contributed by atoms with E-state index in [0.29, 0.717) is 6.42 Å². The molecule has 0 atom stereocenters. The average molecular weight is 361 g/mol. The van der Waals surface area contributed by atoms with Crippen molar-refractivity contribution >= 4 is 11.0 Å². The van der Waals surface area contributed by atoms with Gasteiger partial charge < -0.3 is 14.8 Å². The Morgan fingerprint density at radius 1 is 1.19 bits per heavy atom. The van der Waals surface area contributed by atoms with Crippen molar-refractivity contribution < 1.29 is 9.84 Å². The van der Waals surface area contributed by atoms with Crippen LogP contribution in [0.5, 0.6) is 0 Å². The molecule has 0 unspecified atom stereocenters. The van der Waals surface area contributed by atoms with Gasteiger partial charge in [-0.2, -0.15) is 0 Å². The van der Waals surface area contributed by atoms with Gasteiger partial charge in [-0.05, 0) is 11.6 Å². The molecule has 0 spiro atoms. The Labute approximate surface area is 159 Å². The molecule has 1 saturated heterocycles. The third-order valence-corrected chi connectivity index (χ3v) is 4.78. The molecule has 0 radical (unpaired) electrons. The van der Waals surface area contributed by atoms with Crippen LogP contribution in [0.4, 0.5) is 0 Å². The monoisotopic (exact) mass is 361 g/mol.